The number of rotatable bonds is 8. The minimum Gasteiger partial charge on any atom is -0.481 e. The van der Waals surface area contributed by atoms with Crippen LogP contribution in [-0.2, 0) is 11.3 Å². The van der Waals surface area contributed by atoms with Crippen molar-refractivity contribution in [1.29, 1.82) is 0 Å². The Labute approximate surface area is 136 Å². The summed E-state index contributed by atoms with van der Waals surface area (Å²) < 4.78 is 0. The highest BCUT2D eigenvalue weighted by Gasteiger charge is 2.26. The Morgan fingerprint density at radius 3 is 2.67 bits per heavy atom. The van der Waals surface area contributed by atoms with E-state index >= 15 is 0 Å². The molecular weight excluding hydrogens is 306 g/mol. The van der Waals surface area contributed by atoms with E-state index in [1.165, 1.54) is 4.90 Å². The molecule has 0 aliphatic rings. The number of nitrogens with one attached hydrogen (secondary N) is 1. The van der Waals surface area contributed by atoms with Crippen LogP contribution in [0.15, 0.2) is 23.1 Å². The molecule has 0 spiro atoms. The molecule has 1 rings (SSSR count). The fraction of sp³-hybridized carbons (Fsp3) is 0.562. The smallest absolute Gasteiger partial charge is 0.309 e. The lowest BCUT2D eigenvalue weighted by molar-refractivity contribution is -0.147. The highest BCUT2D eigenvalue weighted by Crippen LogP contribution is 2.31. The topological polar surface area (TPSA) is 49.3 Å². The zero-order valence-corrected chi connectivity index (χ0v) is 14.6. The van der Waals surface area contributed by atoms with Gasteiger partial charge in [-0.15, -0.1) is 11.8 Å². The van der Waals surface area contributed by atoms with E-state index in [4.69, 9.17) is 16.7 Å². The van der Waals surface area contributed by atoms with Crippen LogP contribution >= 0.6 is 23.4 Å². The van der Waals surface area contributed by atoms with Gasteiger partial charge in [0, 0.05) is 21.7 Å². The maximum Gasteiger partial charge on any atom is 0.309 e. The SMILES string of the molecule is CC(C)Sc1cccc(Cl)c1CNCCC(C)(C)C(=O)O. The van der Waals surface area contributed by atoms with E-state index in [9.17, 15) is 4.79 Å². The van der Waals surface area contributed by atoms with Gasteiger partial charge in [-0.25, -0.2) is 0 Å². The van der Waals surface area contributed by atoms with Crippen molar-refractivity contribution >= 4 is 29.3 Å². The van der Waals surface area contributed by atoms with Crippen LogP contribution in [0.2, 0.25) is 5.02 Å². The lowest BCUT2D eigenvalue weighted by Crippen LogP contribution is -2.29. The van der Waals surface area contributed by atoms with Crippen LogP contribution in [-0.4, -0.2) is 22.9 Å². The van der Waals surface area contributed by atoms with E-state index < -0.39 is 11.4 Å². The highest BCUT2D eigenvalue weighted by molar-refractivity contribution is 8.00. The minimum atomic E-state index is -0.766. The summed E-state index contributed by atoms with van der Waals surface area (Å²) in [5.41, 5.74) is 0.384. The van der Waals surface area contributed by atoms with E-state index in [-0.39, 0.29) is 0 Å². The average molecular weight is 330 g/mol. The van der Waals surface area contributed by atoms with Crippen LogP contribution in [0, 0.1) is 5.41 Å². The van der Waals surface area contributed by atoms with Crippen LogP contribution < -0.4 is 5.32 Å². The molecule has 0 saturated carbocycles. The zero-order chi connectivity index (χ0) is 16.0. The second kappa shape index (κ2) is 8.06. The summed E-state index contributed by atoms with van der Waals surface area (Å²) in [5.74, 6) is -0.766. The van der Waals surface area contributed by atoms with Gasteiger partial charge in [-0.3, -0.25) is 4.79 Å². The summed E-state index contributed by atoms with van der Waals surface area (Å²) in [5, 5.41) is 13.6. The predicted molar refractivity (Wildman–Crippen MR) is 90.2 cm³/mol. The number of carboxylic acid groups (broad SMARTS) is 1. The zero-order valence-electron chi connectivity index (χ0n) is 13.1. The maximum absolute atomic E-state index is 11.1. The Balaban J connectivity index is 2.61. The Morgan fingerprint density at radius 1 is 1.43 bits per heavy atom. The van der Waals surface area contributed by atoms with Crippen LogP contribution in [0.1, 0.15) is 39.7 Å². The fourth-order valence-corrected chi connectivity index (χ4v) is 3.08. The van der Waals surface area contributed by atoms with Gasteiger partial charge in [0.15, 0.2) is 0 Å². The van der Waals surface area contributed by atoms with Gasteiger partial charge < -0.3 is 10.4 Å². The number of hydrogen-bond acceptors (Lipinski definition) is 3. The van der Waals surface area contributed by atoms with Crippen molar-refractivity contribution in [1.82, 2.24) is 5.32 Å². The van der Waals surface area contributed by atoms with Crippen LogP contribution in [0.3, 0.4) is 0 Å². The van der Waals surface area contributed by atoms with Gasteiger partial charge in [-0.1, -0.05) is 31.5 Å². The maximum atomic E-state index is 11.1. The van der Waals surface area contributed by atoms with Gasteiger partial charge >= 0.3 is 5.97 Å². The van der Waals surface area contributed by atoms with Crippen molar-refractivity contribution in [2.24, 2.45) is 5.41 Å². The van der Waals surface area contributed by atoms with Crippen molar-refractivity contribution in [2.75, 3.05) is 6.54 Å². The van der Waals surface area contributed by atoms with Crippen LogP contribution in [0.4, 0.5) is 0 Å². The first kappa shape index (κ1) is 18.3. The Morgan fingerprint density at radius 2 is 2.10 bits per heavy atom. The molecule has 1 aromatic rings. The average Bonchev–Trinajstić information content (AvgIpc) is 2.36. The molecule has 0 saturated heterocycles. The molecule has 0 atom stereocenters. The first-order valence-corrected chi connectivity index (χ1v) is 8.38. The van der Waals surface area contributed by atoms with Gasteiger partial charge in [0.05, 0.1) is 5.41 Å². The summed E-state index contributed by atoms with van der Waals surface area (Å²) in [6, 6.07) is 5.93. The largest absolute Gasteiger partial charge is 0.481 e. The highest BCUT2D eigenvalue weighted by atomic mass is 35.5. The molecule has 118 valence electrons. The van der Waals surface area contributed by atoms with Crippen LogP contribution in [0.5, 0.6) is 0 Å². The van der Waals surface area contributed by atoms with E-state index in [1.54, 1.807) is 25.6 Å². The molecule has 0 aliphatic heterocycles. The molecule has 0 bridgehead atoms. The van der Waals surface area contributed by atoms with Crippen molar-refractivity contribution < 1.29 is 9.90 Å². The monoisotopic (exact) mass is 329 g/mol. The van der Waals surface area contributed by atoms with E-state index in [0.29, 0.717) is 24.8 Å². The molecule has 0 aromatic heterocycles. The number of thioether (sulfide) groups is 1. The fourth-order valence-electron chi connectivity index (χ4n) is 1.80. The molecular formula is C16H24ClNO2S. The molecule has 3 nitrogen and oxygen atoms in total. The van der Waals surface area contributed by atoms with Gasteiger partial charge in [0.1, 0.15) is 0 Å². The molecule has 0 heterocycles. The lowest BCUT2D eigenvalue weighted by atomic mass is 9.90. The third-order valence-electron chi connectivity index (χ3n) is 3.25. The number of benzene rings is 1. The second-order valence-corrected chi connectivity index (χ2v) is 8.02. The number of carbonyl (C=O) groups is 1. The summed E-state index contributed by atoms with van der Waals surface area (Å²) in [6.45, 7) is 9.09. The molecule has 5 heteroatoms. The summed E-state index contributed by atoms with van der Waals surface area (Å²) in [7, 11) is 0. The first-order chi connectivity index (χ1) is 9.74. The quantitative estimate of drug-likeness (QED) is 0.547. The number of hydrogen-bond donors (Lipinski definition) is 2. The molecule has 0 unspecified atom stereocenters. The Bertz CT molecular complexity index is 489. The van der Waals surface area contributed by atoms with Crippen molar-refractivity contribution in [2.45, 2.75) is 50.8 Å². The first-order valence-electron chi connectivity index (χ1n) is 7.12. The molecule has 0 aliphatic carbocycles. The molecule has 1 aromatic carbocycles. The van der Waals surface area contributed by atoms with E-state index in [2.05, 4.69) is 25.2 Å². The summed E-state index contributed by atoms with van der Waals surface area (Å²) in [6.07, 6.45) is 0.583. The third kappa shape index (κ3) is 5.89. The Hall–Kier alpha value is -0.710. The molecule has 0 radical (unpaired) electrons. The third-order valence-corrected chi connectivity index (χ3v) is 4.71. The van der Waals surface area contributed by atoms with Gasteiger partial charge in [-0.2, -0.15) is 0 Å². The minimum absolute atomic E-state index is 0.494. The number of halogens is 1. The number of aliphatic carboxylic acids is 1. The molecule has 21 heavy (non-hydrogen) atoms. The Kier molecular flexibility index (Phi) is 7.04. The van der Waals surface area contributed by atoms with Crippen molar-refractivity contribution in [3.8, 4) is 0 Å². The molecule has 0 fully saturated rings. The van der Waals surface area contributed by atoms with Gasteiger partial charge in [0.25, 0.3) is 0 Å². The summed E-state index contributed by atoms with van der Waals surface area (Å²) >= 11 is 8.07. The predicted octanol–water partition coefficient (Wildman–Crippen LogP) is 4.43. The second-order valence-electron chi connectivity index (χ2n) is 6.00. The van der Waals surface area contributed by atoms with Crippen molar-refractivity contribution in [3.63, 3.8) is 0 Å². The standard InChI is InChI=1S/C16H24ClNO2S/c1-11(2)21-14-7-5-6-13(17)12(14)10-18-9-8-16(3,4)15(19)20/h5-7,11,18H,8-10H2,1-4H3,(H,19,20). The van der Waals surface area contributed by atoms with Crippen molar-refractivity contribution in [3.05, 3.63) is 28.8 Å². The van der Waals surface area contributed by atoms with E-state index in [0.717, 1.165) is 10.6 Å². The summed E-state index contributed by atoms with van der Waals surface area (Å²) in [4.78, 5) is 12.2. The lowest BCUT2D eigenvalue weighted by Gasteiger charge is -2.19. The number of carboxylic acids is 1. The van der Waals surface area contributed by atoms with E-state index in [1.807, 2.05) is 12.1 Å². The molecule has 2 N–H and O–H groups in total. The normalized spacial score (nSPS) is 11.9. The van der Waals surface area contributed by atoms with Crippen LogP contribution in [0.25, 0.3) is 0 Å². The molecule has 0 amide bonds. The van der Waals surface area contributed by atoms with Gasteiger partial charge in [-0.05, 0) is 44.5 Å². The van der Waals surface area contributed by atoms with Gasteiger partial charge in [0.2, 0.25) is 0 Å².